The number of ether oxygens (including phenoxy) is 3. The van der Waals surface area contributed by atoms with Crippen LogP contribution in [-0.2, 0) is 33.4 Å². The Morgan fingerprint density at radius 1 is 0.500 bits per heavy atom. The van der Waals surface area contributed by atoms with Crippen molar-refractivity contribution in [2.75, 3.05) is 66.7 Å². The molecule has 2 atom stereocenters. The van der Waals surface area contributed by atoms with E-state index in [4.69, 9.17) is 14.2 Å². The van der Waals surface area contributed by atoms with Gasteiger partial charge in [0.2, 0.25) is 11.8 Å². The minimum absolute atomic E-state index is 0.0445. The molecule has 2 unspecified atom stereocenters. The molecule has 10 heteroatoms. The minimum Gasteiger partial charge on any atom is -0.464 e. The van der Waals surface area contributed by atoms with Crippen LogP contribution in [0.15, 0.2) is 12.2 Å². The molecule has 0 saturated carbocycles. The molecule has 0 fully saturated rings. The Hall–Kier alpha value is -2.46. The number of nitrogens with zero attached hydrogens (tertiary/aromatic N) is 2. The standard InChI is InChI=1S/C46H87N3O7/c1-7-11-15-19-21-25-29-41(27-23-17-13-9-3)45(52)55-39-35-49(44(51)32-31-43(50)47-33-37-54-38-34-48(5)6)36-40-56-46(53)42(28-24-18-14-10-4)30-26-22-20-16-12-8-2/h31-32,41-42H,7-30,33-40H2,1-6H3,(H,47,50). The highest BCUT2D eigenvalue weighted by Gasteiger charge is 2.22. The van der Waals surface area contributed by atoms with Crippen LogP contribution in [0.3, 0.4) is 0 Å². The van der Waals surface area contributed by atoms with Crippen LogP contribution in [0.25, 0.3) is 0 Å². The molecule has 0 aromatic carbocycles. The molecule has 1 N–H and O–H groups in total. The van der Waals surface area contributed by atoms with E-state index in [-0.39, 0.29) is 50.1 Å². The monoisotopic (exact) mass is 794 g/mol. The van der Waals surface area contributed by atoms with Crippen molar-refractivity contribution in [2.24, 2.45) is 11.8 Å². The third-order valence-corrected chi connectivity index (χ3v) is 10.4. The average molecular weight is 794 g/mol. The molecule has 0 bridgehead atoms. The maximum absolute atomic E-state index is 13.4. The van der Waals surface area contributed by atoms with Crippen LogP contribution in [0.2, 0.25) is 0 Å². The Bertz CT molecular complexity index is 940. The Labute approximate surface area is 344 Å². The third-order valence-electron chi connectivity index (χ3n) is 10.4. The summed E-state index contributed by atoms with van der Waals surface area (Å²) in [5.74, 6) is -1.47. The Balaban J connectivity index is 5.46. The van der Waals surface area contributed by atoms with Crippen molar-refractivity contribution in [2.45, 2.75) is 182 Å². The van der Waals surface area contributed by atoms with Crippen molar-refractivity contribution in [3.8, 4) is 0 Å². The third kappa shape index (κ3) is 32.6. The van der Waals surface area contributed by atoms with Gasteiger partial charge in [0.15, 0.2) is 0 Å². The number of amides is 2. The first-order valence-electron chi connectivity index (χ1n) is 23.0. The van der Waals surface area contributed by atoms with Gasteiger partial charge in [-0.25, -0.2) is 0 Å². The fourth-order valence-corrected chi connectivity index (χ4v) is 6.72. The number of unbranched alkanes of at least 4 members (excludes halogenated alkanes) is 16. The van der Waals surface area contributed by atoms with E-state index >= 15 is 0 Å². The molecule has 10 nitrogen and oxygen atoms in total. The van der Waals surface area contributed by atoms with E-state index in [1.807, 2.05) is 19.0 Å². The van der Waals surface area contributed by atoms with Gasteiger partial charge in [-0.1, -0.05) is 156 Å². The molecular weight excluding hydrogens is 707 g/mol. The number of rotatable bonds is 40. The van der Waals surface area contributed by atoms with Gasteiger partial charge in [-0.05, 0) is 39.8 Å². The van der Waals surface area contributed by atoms with Crippen LogP contribution in [0, 0.1) is 11.8 Å². The van der Waals surface area contributed by atoms with E-state index in [9.17, 15) is 19.2 Å². The highest BCUT2D eigenvalue weighted by Crippen LogP contribution is 2.22. The maximum atomic E-state index is 13.4. The first kappa shape index (κ1) is 53.5. The van der Waals surface area contributed by atoms with Crippen molar-refractivity contribution in [1.82, 2.24) is 15.1 Å². The molecule has 0 aromatic heterocycles. The summed E-state index contributed by atoms with van der Waals surface area (Å²) >= 11 is 0. The van der Waals surface area contributed by atoms with Crippen LogP contribution in [0.5, 0.6) is 0 Å². The highest BCUT2D eigenvalue weighted by molar-refractivity contribution is 5.96. The van der Waals surface area contributed by atoms with Gasteiger partial charge in [0.05, 0.1) is 38.1 Å². The molecule has 0 heterocycles. The molecular formula is C46H87N3O7. The van der Waals surface area contributed by atoms with Gasteiger partial charge in [0.25, 0.3) is 0 Å². The van der Waals surface area contributed by atoms with Crippen molar-refractivity contribution in [3.05, 3.63) is 12.2 Å². The largest absolute Gasteiger partial charge is 0.464 e. The summed E-state index contributed by atoms with van der Waals surface area (Å²) in [5.41, 5.74) is 0. The second kappa shape index (κ2) is 39.4. The molecule has 0 radical (unpaired) electrons. The number of esters is 2. The van der Waals surface area contributed by atoms with Gasteiger partial charge in [0, 0.05) is 25.2 Å². The van der Waals surface area contributed by atoms with Gasteiger partial charge < -0.3 is 29.3 Å². The minimum atomic E-state index is -0.402. The molecule has 0 aliphatic rings. The zero-order chi connectivity index (χ0) is 41.5. The van der Waals surface area contributed by atoms with E-state index in [2.05, 4.69) is 33.0 Å². The molecule has 0 spiro atoms. The average Bonchev–Trinajstić information content (AvgIpc) is 3.18. The van der Waals surface area contributed by atoms with Gasteiger partial charge >= 0.3 is 11.9 Å². The number of carbonyl (C=O) groups excluding carboxylic acids is 4. The summed E-state index contributed by atoms with van der Waals surface area (Å²) in [4.78, 5) is 56.1. The van der Waals surface area contributed by atoms with Crippen LogP contribution in [0.4, 0.5) is 0 Å². The lowest BCUT2D eigenvalue weighted by Gasteiger charge is -2.23. The summed E-state index contributed by atoms with van der Waals surface area (Å²) in [5, 5.41) is 2.74. The zero-order valence-electron chi connectivity index (χ0n) is 37.2. The second-order valence-corrected chi connectivity index (χ2v) is 15.9. The normalized spacial score (nSPS) is 12.6. The Morgan fingerprint density at radius 2 is 0.893 bits per heavy atom. The van der Waals surface area contributed by atoms with Crippen LogP contribution < -0.4 is 5.32 Å². The summed E-state index contributed by atoms with van der Waals surface area (Å²) < 4.78 is 17.2. The molecule has 0 saturated heterocycles. The number of nitrogens with one attached hydrogen (secondary N) is 1. The Morgan fingerprint density at radius 3 is 1.30 bits per heavy atom. The van der Waals surface area contributed by atoms with E-state index < -0.39 is 11.8 Å². The van der Waals surface area contributed by atoms with E-state index in [1.165, 1.54) is 68.4 Å². The smallest absolute Gasteiger partial charge is 0.308 e. The molecule has 56 heavy (non-hydrogen) atoms. The topological polar surface area (TPSA) is 114 Å². The van der Waals surface area contributed by atoms with E-state index in [1.54, 1.807) is 0 Å². The second-order valence-electron chi connectivity index (χ2n) is 15.9. The molecule has 0 aliphatic carbocycles. The van der Waals surface area contributed by atoms with E-state index in [0.717, 1.165) is 109 Å². The van der Waals surface area contributed by atoms with Crippen molar-refractivity contribution in [1.29, 1.82) is 0 Å². The number of likely N-dealkylation sites (N-methyl/N-ethyl adjacent to an activating group) is 1. The highest BCUT2D eigenvalue weighted by atomic mass is 16.5. The summed E-state index contributed by atoms with van der Waals surface area (Å²) in [6, 6.07) is 0. The van der Waals surface area contributed by atoms with Gasteiger partial charge in [0.1, 0.15) is 13.2 Å². The van der Waals surface area contributed by atoms with Crippen LogP contribution in [0.1, 0.15) is 182 Å². The fourth-order valence-electron chi connectivity index (χ4n) is 6.72. The molecule has 2 amide bonds. The predicted octanol–water partition coefficient (Wildman–Crippen LogP) is 9.83. The van der Waals surface area contributed by atoms with Crippen LogP contribution in [-0.4, -0.2) is 100 Å². The summed E-state index contributed by atoms with van der Waals surface area (Å²) in [6.07, 6.45) is 28.7. The van der Waals surface area contributed by atoms with Crippen molar-refractivity contribution < 1.29 is 33.4 Å². The lowest BCUT2D eigenvalue weighted by Crippen LogP contribution is -2.37. The lowest BCUT2D eigenvalue weighted by molar-refractivity contribution is -0.151. The lowest BCUT2D eigenvalue weighted by atomic mass is 9.94. The van der Waals surface area contributed by atoms with Crippen LogP contribution >= 0.6 is 0 Å². The number of hydrogen-bond donors (Lipinski definition) is 1. The first-order valence-corrected chi connectivity index (χ1v) is 23.0. The number of hydrogen-bond acceptors (Lipinski definition) is 8. The van der Waals surface area contributed by atoms with Gasteiger partial charge in [-0.2, -0.15) is 0 Å². The first-order chi connectivity index (χ1) is 27.2. The molecule has 0 aliphatic heterocycles. The van der Waals surface area contributed by atoms with Gasteiger partial charge in [-0.15, -0.1) is 0 Å². The SMILES string of the molecule is CCCCCCCCC(CCCCCC)C(=O)OCCN(CCOC(=O)C(CCCCCC)CCCCCCCC)C(=O)C=CC(=O)NCCOCCN(C)C. The van der Waals surface area contributed by atoms with Gasteiger partial charge in [-0.3, -0.25) is 19.2 Å². The molecule has 0 rings (SSSR count). The fraction of sp³-hybridized carbons (Fsp3) is 0.870. The number of carbonyl (C=O) groups is 4. The molecule has 0 aromatic rings. The van der Waals surface area contributed by atoms with Crippen molar-refractivity contribution >= 4 is 23.8 Å². The maximum Gasteiger partial charge on any atom is 0.308 e. The summed E-state index contributed by atoms with van der Waals surface area (Å²) in [7, 11) is 3.94. The molecule has 328 valence electrons. The zero-order valence-corrected chi connectivity index (χ0v) is 37.2. The quantitative estimate of drug-likeness (QED) is 0.0371. The van der Waals surface area contributed by atoms with Crippen molar-refractivity contribution in [3.63, 3.8) is 0 Å². The predicted molar refractivity (Wildman–Crippen MR) is 231 cm³/mol. The Kier molecular flexibility index (Phi) is 37.6. The van der Waals surface area contributed by atoms with E-state index in [0.29, 0.717) is 19.8 Å². The summed E-state index contributed by atoms with van der Waals surface area (Å²) in [6.45, 7) is 11.2.